The molecule has 1 aliphatic heterocycles. The number of aliphatic imine (C=N–C) groups is 1. The highest BCUT2D eigenvalue weighted by Crippen LogP contribution is 2.23. The van der Waals surface area contributed by atoms with E-state index in [4.69, 9.17) is 4.99 Å². The van der Waals surface area contributed by atoms with Crippen LogP contribution in [0.15, 0.2) is 41.9 Å². The van der Waals surface area contributed by atoms with Crippen molar-refractivity contribution in [2.24, 2.45) is 10.9 Å². The highest BCUT2D eigenvalue weighted by molar-refractivity contribution is 14.0. The first-order valence-corrected chi connectivity index (χ1v) is 10.2. The van der Waals surface area contributed by atoms with Crippen LogP contribution in [-0.2, 0) is 6.54 Å². The van der Waals surface area contributed by atoms with Crippen molar-refractivity contribution in [3.05, 3.63) is 42.5 Å². The zero-order chi connectivity index (χ0) is 19.5. The Hall–Kier alpha value is -1.28. The first-order chi connectivity index (χ1) is 13.2. The van der Waals surface area contributed by atoms with Gasteiger partial charge in [-0.05, 0) is 56.2 Å². The minimum atomic E-state index is 0. The zero-order valence-electron chi connectivity index (χ0n) is 17.4. The van der Waals surface area contributed by atoms with Crippen LogP contribution in [0.25, 0.3) is 0 Å². The summed E-state index contributed by atoms with van der Waals surface area (Å²) in [6.45, 7) is 10.8. The fourth-order valence-corrected chi connectivity index (χ4v) is 3.40. The number of nitrogens with one attached hydrogen (secondary N) is 1. The van der Waals surface area contributed by atoms with Crippen molar-refractivity contribution in [3.63, 3.8) is 0 Å². The molecule has 0 atom stereocenters. The van der Waals surface area contributed by atoms with Crippen molar-refractivity contribution in [3.8, 4) is 0 Å². The largest absolute Gasteiger partial charge is 0.396 e. The maximum absolute atomic E-state index is 9.28. The van der Waals surface area contributed by atoms with E-state index in [0.717, 1.165) is 57.8 Å². The van der Waals surface area contributed by atoms with E-state index in [1.165, 1.54) is 11.3 Å². The van der Waals surface area contributed by atoms with Crippen molar-refractivity contribution in [2.45, 2.75) is 39.2 Å². The van der Waals surface area contributed by atoms with Crippen LogP contribution in [0, 0.1) is 5.92 Å². The number of hydrogen-bond donors (Lipinski definition) is 2. The van der Waals surface area contributed by atoms with Gasteiger partial charge in [0.15, 0.2) is 5.96 Å². The Labute approximate surface area is 187 Å². The van der Waals surface area contributed by atoms with Crippen LogP contribution in [0.3, 0.4) is 0 Å². The lowest BCUT2D eigenvalue weighted by molar-refractivity contribution is 0.203. The minimum Gasteiger partial charge on any atom is -0.396 e. The van der Waals surface area contributed by atoms with Gasteiger partial charge >= 0.3 is 0 Å². The van der Waals surface area contributed by atoms with E-state index in [-0.39, 0.29) is 24.0 Å². The van der Waals surface area contributed by atoms with Crippen molar-refractivity contribution >= 4 is 35.6 Å². The van der Waals surface area contributed by atoms with E-state index >= 15 is 0 Å². The Morgan fingerprint density at radius 3 is 2.57 bits per heavy atom. The molecule has 1 heterocycles. The van der Waals surface area contributed by atoms with Crippen LogP contribution < -0.4 is 10.2 Å². The molecule has 2 rings (SSSR count). The van der Waals surface area contributed by atoms with Crippen LogP contribution >= 0.6 is 24.0 Å². The van der Waals surface area contributed by atoms with Gasteiger partial charge in [0.05, 0.1) is 6.54 Å². The average molecular weight is 500 g/mol. The number of anilines is 1. The predicted molar refractivity (Wildman–Crippen MR) is 131 cm³/mol. The normalized spacial score (nSPS) is 15.1. The van der Waals surface area contributed by atoms with Crippen LogP contribution in [0.2, 0.25) is 0 Å². The van der Waals surface area contributed by atoms with Gasteiger partial charge in [0.25, 0.3) is 0 Å². The predicted octanol–water partition coefficient (Wildman–Crippen LogP) is 3.88. The first kappa shape index (κ1) is 24.8. The van der Waals surface area contributed by atoms with E-state index in [1.807, 2.05) is 6.08 Å². The van der Waals surface area contributed by atoms with Gasteiger partial charge < -0.3 is 20.2 Å². The van der Waals surface area contributed by atoms with E-state index in [1.54, 1.807) is 0 Å². The van der Waals surface area contributed by atoms with Gasteiger partial charge in [-0.2, -0.15) is 0 Å². The van der Waals surface area contributed by atoms with Crippen LogP contribution in [-0.4, -0.2) is 55.8 Å². The fraction of sp³-hybridized carbons (Fsp3) is 0.591. The van der Waals surface area contributed by atoms with Gasteiger partial charge in [-0.3, -0.25) is 0 Å². The Bertz CT molecular complexity index is 583. The third-order valence-corrected chi connectivity index (χ3v) is 5.18. The lowest BCUT2D eigenvalue weighted by atomic mass is 9.97. The number of hydrogen-bond acceptors (Lipinski definition) is 3. The highest BCUT2D eigenvalue weighted by atomic mass is 127. The van der Waals surface area contributed by atoms with E-state index in [2.05, 4.69) is 59.9 Å². The topological polar surface area (TPSA) is 51.1 Å². The summed E-state index contributed by atoms with van der Waals surface area (Å²) in [7, 11) is 2.09. The van der Waals surface area contributed by atoms with Crippen LogP contribution in [0.5, 0.6) is 0 Å². The molecule has 1 aromatic carbocycles. The molecule has 2 N–H and O–H groups in total. The van der Waals surface area contributed by atoms with Gasteiger partial charge in [0, 0.05) is 45.5 Å². The summed E-state index contributed by atoms with van der Waals surface area (Å²) < 4.78 is 0. The number of allylic oxidation sites excluding steroid dienone is 1. The minimum absolute atomic E-state index is 0. The maximum atomic E-state index is 9.28. The Balaban J connectivity index is 0.00000392. The smallest absolute Gasteiger partial charge is 0.193 e. The summed E-state index contributed by atoms with van der Waals surface area (Å²) in [5.74, 6) is 1.43. The van der Waals surface area contributed by atoms with Crippen molar-refractivity contribution in [2.75, 3.05) is 44.7 Å². The summed E-state index contributed by atoms with van der Waals surface area (Å²) in [6, 6.07) is 8.76. The highest BCUT2D eigenvalue weighted by Gasteiger charge is 2.18. The molecular weight excluding hydrogens is 463 g/mol. The van der Waals surface area contributed by atoms with Gasteiger partial charge in [0.1, 0.15) is 0 Å². The molecule has 5 nitrogen and oxygen atoms in total. The number of aliphatic hydroxyl groups excluding tert-OH is 1. The molecule has 0 unspecified atom stereocenters. The number of rotatable bonds is 9. The average Bonchev–Trinajstić information content (AvgIpc) is 2.71. The molecule has 1 aliphatic rings. The molecule has 28 heavy (non-hydrogen) atoms. The Kier molecular flexibility index (Phi) is 12.2. The van der Waals surface area contributed by atoms with Crippen molar-refractivity contribution in [1.29, 1.82) is 0 Å². The van der Waals surface area contributed by atoms with Crippen LogP contribution in [0.4, 0.5) is 5.69 Å². The summed E-state index contributed by atoms with van der Waals surface area (Å²) in [5.41, 5.74) is 2.49. The molecular formula is C22H37IN4O. The third-order valence-electron chi connectivity index (χ3n) is 5.18. The SMILES string of the molecule is C=CCCCN(C)C(=NCc1ccc(N2CCC(CO)CC2)cc1)NCC.I. The van der Waals surface area contributed by atoms with Gasteiger partial charge in [-0.15, -0.1) is 30.6 Å². The lowest BCUT2D eigenvalue weighted by Gasteiger charge is -2.32. The molecule has 1 aromatic rings. The number of guanidine groups is 1. The summed E-state index contributed by atoms with van der Waals surface area (Å²) in [6.07, 6.45) is 6.23. The fourth-order valence-electron chi connectivity index (χ4n) is 3.40. The zero-order valence-corrected chi connectivity index (χ0v) is 19.8. The number of halogens is 1. The quantitative estimate of drug-likeness (QED) is 0.178. The Morgan fingerprint density at radius 2 is 2.00 bits per heavy atom. The Morgan fingerprint density at radius 1 is 1.32 bits per heavy atom. The van der Waals surface area contributed by atoms with Gasteiger partial charge in [-0.1, -0.05) is 18.2 Å². The van der Waals surface area contributed by atoms with E-state index in [0.29, 0.717) is 19.1 Å². The molecule has 0 spiro atoms. The number of piperidine rings is 1. The van der Waals surface area contributed by atoms with E-state index < -0.39 is 0 Å². The van der Waals surface area contributed by atoms with Gasteiger partial charge in [-0.25, -0.2) is 4.99 Å². The molecule has 0 aromatic heterocycles. The molecule has 1 fully saturated rings. The summed E-state index contributed by atoms with van der Waals surface area (Å²) in [4.78, 5) is 9.39. The molecule has 1 saturated heterocycles. The molecule has 0 radical (unpaired) electrons. The summed E-state index contributed by atoms with van der Waals surface area (Å²) in [5, 5.41) is 12.7. The lowest BCUT2D eigenvalue weighted by Crippen LogP contribution is -2.39. The van der Waals surface area contributed by atoms with E-state index in [9.17, 15) is 5.11 Å². The second kappa shape index (κ2) is 13.8. The van der Waals surface area contributed by atoms with Crippen LogP contribution in [0.1, 0.15) is 38.2 Å². The second-order valence-corrected chi connectivity index (χ2v) is 7.30. The monoisotopic (exact) mass is 500 g/mol. The van der Waals surface area contributed by atoms with Crippen molar-refractivity contribution < 1.29 is 5.11 Å². The first-order valence-electron chi connectivity index (χ1n) is 10.2. The number of nitrogens with zero attached hydrogens (tertiary/aromatic N) is 3. The molecule has 0 aliphatic carbocycles. The third kappa shape index (κ3) is 7.99. The molecule has 6 heteroatoms. The number of benzene rings is 1. The number of aliphatic hydroxyl groups is 1. The molecule has 0 amide bonds. The molecule has 0 saturated carbocycles. The molecule has 0 bridgehead atoms. The maximum Gasteiger partial charge on any atom is 0.193 e. The summed E-state index contributed by atoms with van der Waals surface area (Å²) >= 11 is 0. The van der Waals surface area contributed by atoms with Crippen molar-refractivity contribution in [1.82, 2.24) is 10.2 Å². The molecule has 158 valence electrons. The second-order valence-electron chi connectivity index (χ2n) is 7.30. The number of unbranched alkanes of at least 4 members (excludes halogenated alkanes) is 1. The van der Waals surface area contributed by atoms with Gasteiger partial charge in [0.2, 0.25) is 0 Å². The standard InChI is InChI=1S/C22H36N4O.HI/c1-4-6-7-14-25(3)22(23-5-2)24-17-19-8-10-21(11-9-19)26-15-12-20(18-27)13-16-26;/h4,8-11,20,27H,1,5-7,12-18H2,2-3H3,(H,23,24);1H.